The fourth-order valence-corrected chi connectivity index (χ4v) is 1.84. The fourth-order valence-electron chi connectivity index (χ4n) is 1.84. The minimum Gasteiger partial charge on any atom is -0.396 e. The van der Waals surface area contributed by atoms with Gasteiger partial charge in [0.2, 0.25) is 0 Å². The minimum atomic E-state index is -0.566. The monoisotopic (exact) mass is 234 g/mol. The second kappa shape index (κ2) is 4.97. The van der Waals surface area contributed by atoms with Crippen LogP contribution >= 0.6 is 0 Å². The molecule has 90 valence electrons. The van der Waals surface area contributed by atoms with Crippen molar-refractivity contribution < 1.29 is 14.7 Å². The normalized spacial score (nSPS) is 15.9. The Morgan fingerprint density at radius 2 is 2.18 bits per heavy atom. The van der Waals surface area contributed by atoms with Crippen molar-refractivity contribution in [2.24, 2.45) is 0 Å². The zero-order valence-electron chi connectivity index (χ0n) is 9.35. The zero-order valence-corrected chi connectivity index (χ0v) is 9.35. The summed E-state index contributed by atoms with van der Waals surface area (Å²) < 4.78 is 0. The molecule has 1 aromatic rings. The molecular formula is C12H14N2O3. The van der Waals surface area contributed by atoms with Crippen LogP contribution in [0.4, 0.5) is 5.69 Å². The van der Waals surface area contributed by atoms with E-state index in [1.807, 2.05) is 18.2 Å². The van der Waals surface area contributed by atoms with Crippen molar-refractivity contribution in [2.75, 3.05) is 24.6 Å². The number of hydrogen-bond acceptors (Lipinski definition) is 3. The van der Waals surface area contributed by atoms with Crippen LogP contribution in [0.5, 0.6) is 0 Å². The predicted molar refractivity (Wildman–Crippen MR) is 62.6 cm³/mol. The van der Waals surface area contributed by atoms with E-state index in [1.54, 1.807) is 6.07 Å². The molecule has 2 rings (SSSR count). The van der Waals surface area contributed by atoms with Crippen molar-refractivity contribution >= 4 is 17.5 Å². The lowest BCUT2D eigenvalue weighted by Gasteiger charge is -2.26. The van der Waals surface area contributed by atoms with Crippen LogP contribution in [0.25, 0.3) is 0 Å². The van der Waals surface area contributed by atoms with Crippen LogP contribution in [0.1, 0.15) is 5.56 Å². The number of nitrogens with one attached hydrogen (secondary N) is 1. The molecule has 0 saturated carbocycles. The molecule has 2 N–H and O–H groups in total. The van der Waals surface area contributed by atoms with Gasteiger partial charge in [-0.3, -0.25) is 9.59 Å². The minimum absolute atomic E-state index is 0.0673. The Labute approximate surface area is 99.0 Å². The van der Waals surface area contributed by atoms with Gasteiger partial charge in [0.05, 0.1) is 0 Å². The third-order valence-electron chi connectivity index (χ3n) is 2.68. The van der Waals surface area contributed by atoms with Crippen LogP contribution < -0.4 is 10.2 Å². The van der Waals surface area contributed by atoms with Crippen molar-refractivity contribution in [3.8, 4) is 0 Å². The zero-order chi connectivity index (χ0) is 12.3. The van der Waals surface area contributed by atoms with E-state index in [9.17, 15) is 9.59 Å². The third kappa shape index (κ3) is 2.45. The van der Waals surface area contributed by atoms with Crippen LogP contribution in [0, 0.1) is 0 Å². The SMILES string of the molecule is O=C1NCCN(c2cccc(CCO)c2)C1=O. The Balaban J connectivity index is 2.23. The van der Waals surface area contributed by atoms with Gasteiger partial charge in [-0.25, -0.2) is 0 Å². The maximum Gasteiger partial charge on any atom is 0.316 e. The van der Waals surface area contributed by atoms with Gasteiger partial charge in [0.1, 0.15) is 0 Å². The molecule has 1 heterocycles. The van der Waals surface area contributed by atoms with E-state index in [0.717, 1.165) is 5.56 Å². The van der Waals surface area contributed by atoms with Crippen LogP contribution in [0.2, 0.25) is 0 Å². The second-order valence-electron chi connectivity index (χ2n) is 3.86. The van der Waals surface area contributed by atoms with Gasteiger partial charge >= 0.3 is 11.8 Å². The smallest absolute Gasteiger partial charge is 0.316 e. The molecule has 1 saturated heterocycles. The Hall–Kier alpha value is -1.88. The van der Waals surface area contributed by atoms with E-state index < -0.39 is 11.8 Å². The lowest BCUT2D eigenvalue weighted by molar-refractivity contribution is -0.138. The van der Waals surface area contributed by atoms with Crippen molar-refractivity contribution in [3.05, 3.63) is 29.8 Å². The highest BCUT2D eigenvalue weighted by Crippen LogP contribution is 2.17. The van der Waals surface area contributed by atoms with E-state index >= 15 is 0 Å². The molecule has 1 aliphatic heterocycles. The molecular weight excluding hydrogens is 220 g/mol. The molecule has 2 amide bonds. The second-order valence-corrected chi connectivity index (χ2v) is 3.86. The highest BCUT2D eigenvalue weighted by atomic mass is 16.3. The molecule has 0 aromatic heterocycles. The van der Waals surface area contributed by atoms with Gasteiger partial charge in [0, 0.05) is 25.4 Å². The summed E-state index contributed by atoms with van der Waals surface area (Å²) in [5.41, 5.74) is 1.65. The molecule has 0 atom stereocenters. The standard InChI is InChI=1S/C12H14N2O3/c15-7-4-9-2-1-3-10(8-9)14-6-5-13-11(16)12(14)17/h1-3,8,15H,4-7H2,(H,13,16). The lowest BCUT2D eigenvalue weighted by Crippen LogP contribution is -2.52. The van der Waals surface area contributed by atoms with E-state index in [4.69, 9.17) is 5.11 Å². The molecule has 0 aliphatic carbocycles. The van der Waals surface area contributed by atoms with E-state index in [2.05, 4.69) is 5.32 Å². The first kappa shape index (κ1) is 11.6. The quantitative estimate of drug-likeness (QED) is 0.704. The summed E-state index contributed by atoms with van der Waals surface area (Å²) in [6.07, 6.45) is 0.544. The fraction of sp³-hybridized carbons (Fsp3) is 0.333. The van der Waals surface area contributed by atoms with E-state index in [-0.39, 0.29) is 6.61 Å². The number of nitrogens with zero attached hydrogens (tertiary/aromatic N) is 1. The summed E-state index contributed by atoms with van der Waals surface area (Å²) >= 11 is 0. The van der Waals surface area contributed by atoms with Crippen LogP contribution in [-0.4, -0.2) is 36.6 Å². The third-order valence-corrected chi connectivity index (χ3v) is 2.68. The van der Waals surface area contributed by atoms with Gasteiger partial charge in [0.25, 0.3) is 0 Å². The number of anilines is 1. The number of hydrogen-bond donors (Lipinski definition) is 2. The molecule has 1 fully saturated rings. The molecule has 5 heteroatoms. The highest BCUT2D eigenvalue weighted by Gasteiger charge is 2.27. The largest absolute Gasteiger partial charge is 0.396 e. The number of piperazine rings is 1. The number of amides is 2. The number of aliphatic hydroxyl groups is 1. The number of aliphatic hydroxyl groups excluding tert-OH is 1. The number of benzene rings is 1. The van der Waals surface area contributed by atoms with Gasteiger partial charge in [-0.1, -0.05) is 12.1 Å². The number of carbonyl (C=O) groups excluding carboxylic acids is 2. The molecule has 5 nitrogen and oxygen atoms in total. The highest BCUT2D eigenvalue weighted by molar-refractivity contribution is 6.41. The average molecular weight is 234 g/mol. The maximum absolute atomic E-state index is 11.7. The number of rotatable bonds is 3. The first-order chi connectivity index (χ1) is 8.22. The molecule has 0 unspecified atom stereocenters. The van der Waals surface area contributed by atoms with Crippen LogP contribution in [0.15, 0.2) is 24.3 Å². The summed E-state index contributed by atoms with van der Waals surface area (Å²) in [4.78, 5) is 24.4. The molecule has 0 radical (unpaired) electrons. The van der Waals surface area contributed by atoms with Gasteiger partial charge in [-0.2, -0.15) is 0 Å². The Kier molecular flexibility index (Phi) is 3.39. The average Bonchev–Trinajstić information content (AvgIpc) is 2.33. The maximum atomic E-state index is 11.7. The van der Waals surface area contributed by atoms with E-state index in [0.29, 0.717) is 25.2 Å². The van der Waals surface area contributed by atoms with Crippen LogP contribution in [0.3, 0.4) is 0 Å². The van der Waals surface area contributed by atoms with Gasteiger partial charge < -0.3 is 15.3 Å². The Morgan fingerprint density at radius 3 is 2.94 bits per heavy atom. The predicted octanol–water partition coefficient (Wildman–Crippen LogP) is -0.316. The first-order valence-electron chi connectivity index (χ1n) is 5.52. The summed E-state index contributed by atoms with van der Waals surface area (Å²) in [5.74, 6) is -1.10. The Morgan fingerprint density at radius 1 is 1.35 bits per heavy atom. The Bertz CT molecular complexity index is 445. The topological polar surface area (TPSA) is 69.6 Å². The van der Waals surface area contributed by atoms with Crippen molar-refractivity contribution in [3.63, 3.8) is 0 Å². The van der Waals surface area contributed by atoms with Gasteiger partial charge in [-0.15, -0.1) is 0 Å². The molecule has 17 heavy (non-hydrogen) atoms. The van der Waals surface area contributed by atoms with Crippen LogP contribution in [-0.2, 0) is 16.0 Å². The lowest BCUT2D eigenvalue weighted by atomic mass is 10.1. The molecule has 0 spiro atoms. The van der Waals surface area contributed by atoms with Crippen molar-refractivity contribution in [1.29, 1.82) is 0 Å². The van der Waals surface area contributed by atoms with Gasteiger partial charge in [-0.05, 0) is 24.1 Å². The summed E-state index contributed by atoms with van der Waals surface area (Å²) in [6, 6.07) is 7.32. The van der Waals surface area contributed by atoms with Gasteiger partial charge in [0.15, 0.2) is 0 Å². The summed E-state index contributed by atoms with van der Waals surface area (Å²) in [7, 11) is 0. The molecule has 1 aromatic carbocycles. The molecule has 1 aliphatic rings. The van der Waals surface area contributed by atoms with Crippen molar-refractivity contribution in [2.45, 2.75) is 6.42 Å². The van der Waals surface area contributed by atoms with Crippen molar-refractivity contribution in [1.82, 2.24) is 5.32 Å². The summed E-state index contributed by atoms with van der Waals surface area (Å²) in [5, 5.41) is 11.4. The number of carbonyl (C=O) groups is 2. The molecule has 0 bridgehead atoms. The van der Waals surface area contributed by atoms with E-state index in [1.165, 1.54) is 4.90 Å². The first-order valence-corrected chi connectivity index (χ1v) is 5.52. The summed E-state index contributed by atoms with van der Waals surface area (Å²) in [6.45, 7) is 1.01.